The minimum atomic E-state index is -0.639. The van der Waals surface area contributed by atoms with Crippen molar-refractivity contribution < 1.29 is 9.59 Å². The summed E-state index contributed by atoms with van der Waals surface area (Å²) >= 11 is 6.21. The first-order valence-corrected chi connectivity index (χ1v) is 7.16. The zero-order chi connectivity index (χ0) is 15.4. The number of hydrogen-bond acceptors (Lipinski definition) is 2. The Balaban J connectivity index is -0.0000000453. The molecule has 0 aromatic heterocycles. The first-order chi connectivity index (χ1) is 8.29. The zero-order valence-corrected chi connectivity index (χ0v) is 17.8. The molecule has 0 saturated carbocycles. The van der Waals surface area contributed by atoms with Gasteiger partial charge in [-0.15, -0.1) is 0 Å². The first kappa shape index (κ1) is 31.8. The third-order valence-electron chi connectivity index (χ3n) is 1.41. The van der Waals surface area contributed by atoms with Crippen molar-refractivity contribution in [3.8, 4) is 0 Å². The number of nitrogens with two attached hydrogens (primary N) is 2. The second kappa shape index (κ2) is 36.3. The molecule has 0 atom stereocenters. The van der Waals surface area contributed by atoms with Crippen molar-refractivity contribution in [2.75, 3.05) is 0 Å². The first-order valence-electron chi connectivity index (χ1n) is 6.26. The number of primary amides is 2. The van der Waals surface area contributed by atoms with Crippen LogP contribution >= 0.6 is 25.3 Å². The van der Waals surface area contributed by atoms with Crippen LogP contribution in [0.5, 0.6) is 0 Å². The molecule has 3 radical (unpaired) electrons. The summed E-state index contributed by atoms with van der Waals surface area (Å²) in [5, 5.41) is -1.28. The van der Waals surface area contributed by atoms with Gasteiger partial charge < -0.3 is 11.5 Å². The molecular formula is C12H30BiN2O2S2. The second-order valence-electron chi connectivity index (χ2n) is 3.38. The third kappa shape index (κ3) is 247. The molecule has 0 rings (SSSR count). The normalized spacial score (nSPS) is 7.05. The van der Waals surface area contributed by atoms with Crippen molar-refractivity contribution in [2.24, 2.45) is 11.5 Å². The second-order valence-corrected chi connectivity index (χ2v) is 4.27. The fourth-order valence-electron chi connectivity index (χ4n) is 0.707. The maximum atomic E-state index is 9.09. The van der Waals surface area contributed by atoms with Crippen molar-refractivity contribution in [1.82, 2.24) is 0 Å². The van der Waals surface area contributed by atoms with E-state index in [1.54, 1.807) is 0 Å². The molecule has 0 fully saturated rings. The summed E-state index contributed by atoms with van der Waals surface area (Å²) in [7, 11) is 0. The summed E-state index contributed by atoms with van der Waals surface area (Å²) in [6.07, 6.45) is 8.15. The summed E-state index contributed by atoms with van der Waals surface area (Å²) in [5.41, 5.74) is 8.67. The van der Waals surface area contributed by atoms with Gasteiger partial charge in [-0.25, -0.2) is 0 Å². The Kier molecular flexibility index (Phi) is 60.6. The van der Waals surface area contributed by atoms with E-state index in [9.17, 15) is 0 Å². The van der Waals surface area contributed by atoms with Crippen LogP contribution in [0.3, 0.4) is 0 Å². The van der Waals surface area contributed by atoms with Crippen molar-refractivity contribution >= 4 is 61.9 Å². The van der Waals surface area contributed by atoms with Gasteiger partial charge in [0.05, 0.1) is 0 Å². The average molecular weight is 507 g/mol. The third-order valence-corrected chi connectivity index (χ3v) is 1.41. The molecule has 19 heavy (non-hydrogen) atoms. The molecule has 0 bridgehead atoms. The van der Waals surface area contributed by atoms with Crippen LogP contribution in [0.2, 0.25) is 0 Å². The Morgan fingerprint density at radius 3 is 0.842 bits per heavy atom. The van der Waals surface area contributed by atoms with Crippen molar-refractivity contribution in [3.05, 3.63) is 0 Å². The van der Waals surface area contributed by atoms with E-state index in [0.717, 1.165) is 0 Å². The van der Waals surface area contributed by atoms with Crippen LogP contribution in [0.25, 0.3) is 0 Å². The molecule has 2 amide bonds. The molecule has 4 nitrogen and oxygen atoms in total. The maximum Gasteiger partial charge on any atom is 0.273 e. The summed E-state index contributed by atoms with van der Waals surface area (Å²) in [4.78, 5) is 18.2. The zero-order valence-electron chi connectivity index (χ0n) is 12.6. The van der Waals surface area contributed by atoms with E-state index in [4.69, 9.17) is 9.59 Å². The molecule has 0 aliphatic carbocycles. The van der Waals surface area contributed by atoms with Crippen LogP contribution < -0.4 is 11.5 Å². The van der Waals surface area contributed by atoms with Gasteiger partial charge in [0.2, 0.25) is 0 Å². The molecular weight excluding hydrogens is 477 g/mol. The quantitative estimate of drug-likeness (QED) is 0.343. The SMILES string of the molecule is CCCCC.CCCCC.NC(=O)S.NC(=O)S.[Bi]. The molecule has 0 aliphatic rings. The Hall–Kier alpha value is 0.523. The fraction of sp³-hybridized carbons (Fsp3) is 0.833. The van der Waals surface area contributed by atoms with Crippen LogP contribution in [0.15, 0.2) is 0 Å². The van der Waals surface area contributed by atoms with E-state index in [2.05, 4.69) is 64.4 Å². The van der Waals surface area contributed by atoms with Gasteiger partial charge in [-0.05, 0) is 0 Å². The van der Waals surface area contributed by atoms with E-state index in [-0.39, 0.29) is 26.2 Å². The number of thiol groups is 2. The molecule has 4 N–H and O–H groups in total. The van der Waals surface area contributed by atoms with Crippen LogP contribution in [-0.2, 0) is 0 Å². The van der Waals surface area contributed by atoms with Gasteiger partial charge in [-0.1, -0.05) is 91.5 Å². The smallest absolute Gasteiger partial charge is 0.273 e. The van der Waals surface area contributed by atoms with Crippen LogP contribution in [0.4, 0.5) is 9.59 Å². The van der Waals surface area contributed by atoms with Gasteiger partial charge in [0.25, 0.3) is 10.5 Å². The predicted octanol–water partition coefficient (Wildman–Crippen LogP) is 4.00. The summed E-state index contributed by atoms with van der Waals surface area (Å²) in [6, 6.07) is 0. The van der Waals surface area contributed by atoms with E-state index in [0.29, 0.717) is 0 Å². The van der Waals surface area contributed by atoms with E-state index < -0.39 is 10.5 Å². The Morgan fingerprint density at radius 2 is 0.842 bits per heavy atom. The number of amides is 2. The summed E-state index contributed by atoms with van der Waals surface area (Å²) in [5.74, 6) is 0. The van der Waals surface area contributed by atoms with Crippen molar-refractivity contribution in [3.63, 3.8) is 0 Å². The number of unbranched alkanes of at least 4 members (excludes halogenated alkanes) is 4. The number of rotatable bonds is 4. The van der Waals surface area contributed by atoms with Crippen LogP contribution in [-0.4, -0.2) is 36.7 Å². The van der Waals surface area contributed by atoms with Crippen molar-refractivity contribution in [1.29, 1.82) is 0 Å². The largest absolute Gasteiger partial charge is 0.361 e. The monoisotopic (exact) mass is 507 g/mol. The standard InChI is InChI=1S/2C5H12.2CH3NOS.Bi/c2*1-3-5-4-2;2*2-1(3)4;/h2*3-5H2,1-2H3;2*(H3,2,3,4);. The summed E-state index contributed by atoms with van der Waals surface area (Å²) in [6.45, 7) is 8.85. The molecule has 0 aromatic carbocycles. The Labute approximate surface area is 148 Å². The molecule has 0 spiro atoms. The minimum Gasteiger partial charge on any atom is -0.361 e. The molecule has 0 aromatic rings. The maximum absolute atomic E-state index is 9.09. The van der Waals surface area contributed by atoms with Crippen LogP contribution in [0, 0.1) is 0 Å². The Morgan fingerprint density at radius 1 is 0.737 bits per heavy atom. The van der Waals surface area contributed by atoms with Crippen LogP contribution in [0.1, 0.15) is 66.2 Å². The molecule has 0 heterocycles. The molecule has 0 saturated heterocycles. The topological polar surface area (TPSA) is 86.2 Å². The fourth-order valence-corrected chi connectivity index (χ4v) is 0.707. The predicted molar refractivity (Wildman–Crippen MR) is 93.3 cm³/mol. The van der Waals surface area contributed by atoms with Gasteiger partial charge in [-0.2, -0.15) is 0 Å². The number of hydrogen-bond donors (Lipinski definition) is 4. The summed E-state index contributed by atoms with van der Waals surface area (Å²) < 4.78 is 0. The molecule has 117 valence electrons. The van der Waals surface area contributed by atoms with Crippen molar-refractivity contribution in [2.45, 2.75) is 66.2 Å². The number of carbonyl (C=O) groups excluding carboxylic acids is 2. The van der Waals surface area contributed by atoms with E-state index in [1.165, 1.54) is 38.5 Å². The van der Waals surface area contributed by atoms with Gasteiger partial charge in [0, 0.05) is 26.2 Å². The minimum absolute atomic E-state index is 0. The van der Waals surface area contributed by atoms with Gasteiger partial charge in [0.15, 0.2) is 0 Å². The van der Waals surface area contributed by atoms with Gasteiger partial charge in [0.1, 0.15) is 0 Å². The van der Waals surface area contributed by atoms with Gasteiger partial charge in [-0.3, -0.25) is 9.59 Å². The van der Waals surface area contributed by atoms with Gasteiger partial charge >= 0.3 is 0 Å². The average Bonchev–Trinajstić information content (AvgIpc) is 2.19. The number of carbonyl (C=O) groups is 2. The molecule has 0 unspecified atom stereocenters. The van der Waals surface area contributed by atoms with E-state index in [1.807, 2.05) is 0 Å². The Bertz CT molecular complexity index is 144. The van der Waals surface area contributed by atoms with E-state index >= 15 is 0 Å². The molecule has 7 heteroatoms. The molecule has 0 aliphatic heterocycles.